The van der Waals surface area contributed by atoms with E-state index < -0.39 is 161 Å². The lowest BCUT2D eigenvalue weighted by Gasteiger charge is -2.73. The fourth-order valence-corrected chi connectivity index (χ4v) is 15.1. The Bertz CT molecular complexity index is 2140. The molecule has 408 valence electrons. The van der Waals surface area contributed by atoms with Gasteiger partial charge >= 0.3 is 17.9 Å². The molecular weight excluding hydrogens is 941 g/mol. The highest BCUT2D eigenvalue weighted by molar-refractivity contribution is 5.89. The normalized spacial score (nSPS) is 47.9. The lowest BCUT2D eigenvalue weighted by Crippen LogP contribution is -2.76. The number of fused-ring (bicyclic) bond motifs is 7. The van der Waals surface area contributed by atoms with E-state index in [0.717, 1.165) is 12.7 Å². The topological polar surface area (TPSA) is 298 Å². The predicted octanol–water partition coefficient (Wildman–Crippen LogP) is 1.89. The summed E-state index contributed by atoms with van der Waals surface area (Å²) in [4.78, 5) is 40.2. The summed E-state index contributed by atoms with van der Waals surface area (Å²) in [5, 5.41) is 102. The Labute approximate surface area is 422 Å². The van der Waals surface area contributed by atoms with E-state index in [2.05, 4.69) is 33.8 Å². The van der Waals surface area contributed by atoms with E-state index in [4.69, 9.17) is 33.2 Å². The highest BCUT2D eigenvalue weighted by Crippen LogP contribution is 2.76. The van der Waals surface area contributed by atoms with E-state index in [0.29, 0.717) is 44.1 Å². The first kappa shape index (κ1) is 56.8. The highest BCUT2D eigenvalue weighted by Gasteiger charge is 2.76. The van der Waals surface area contributed by atoms with Crippen molar-refractivity contribution in [3.8, 4) is 0 Å². The SMILES string of the molecule is C/C=C(/C)C(=O)O[C@H]1[C@H](OC(=O)/C(C)=C\C)[C@]2(CO)[C@H](O)[C@H](O)[C@]3(C)C(=CC[C@@H]4[C@@]5(C)CC[C@H](O[C@@H]6O[C@H](C(=O)OC)[C@@H](O)[C@H](O)[C@H]6O[C@@H]6O[C@H](CO)[C@@H](O)[C@H](O)[C@H]6O)C(C)(C)[C@@H]5CC[C@]43C)[C@@H]2CC1(C)C. The summed E-state index contributed by atoms with van der Waals surface area (Å²) in [6.45, 7) is 19.6. The molecule has 22 atom stereocenters. The summed E-state index contributed by atoms with van der Waals surface area (Å²) < 4.78 is 41.9. The molecule has 0 radical (unpaired) electrons. The third kappa shape index (κ3) is 8.56. The van der Waals surface area contributed by atoms with Crippen molar-refractivity contribution in [1.82, 2.24) is 0 Å². The van der Waals surface area contributed by atoms with Gasteiger partial charge in [-0.25, -0.2) is 14.4 Å². The molecule has 6 fully saturated rings. The molecule has 72 heavy (non-hydrogen) atoms. The number of carbonyl (C=O) groups excluding carboxylic acids is 3. The number of hydrogen-bond acceptors (Lipinski definition) is 19. The minimum absolute atomic E-state index is 0.0498. The minimum atomic E-state index is -1.89. The number of aliphatic hydroxyl groups is 9. The third-order valence-electron chi connectivity index (χ3n) is 19.8. The molecule has 4 saturated carbocycles. The van der Waals surface area contributed by atoms with Crippen LogP contribution in [0.5, 0.6) is 0 Å². The van der Waals surface area contributed by atoms with Crippen molar-refractivity contribution >= 4 is 17.9 Å². The first-order valence-corrected chi connectivity index (χ1v) is 25.6. The standard InChI is InChI=1S/C53H82O19/c1-13-24(3)43(63)71-41-42(72-44(64)25(4)14-2)53(23-55)27(21-48(41,5)6)26-15-16-30-50(9)19-18-31(49(7,8)29(50)17-20-51(30,10)52(26,11)39(61)40(53)62)68-47-38(35(59)34(58)37(69-47)45(65)66-12)70-46-36(60)33(57)32(56)28(22-54)67-46/h13-15,27-42,46-47,54-62H,16-23H2,1-12H3/b24-13-,25-14-/t27-,28+,29-,30+,31-,32+,33-,34-,35-,36+,37-,38+,39-,40+,41-,42-,46-,47+,50-,51+,52-,53-/m0/s1. The first-order chi connectivity index (χ1) is 33.5. The second-order valence-electron chi connectivity index (χ2n) is 23.9. The number of hydrogen-bond donors (Lipinski definition) is 9. The van der Waals surface area contributed by atoms with Gasteiger partial charge in [-0.15, -0.1) is 0 Å². The lowest BCUT2D eigenvalue weighted by atomic mass is 9.32. The Hall–Kier alpha value is -2.89. The molecule has 0 amide bonds. The summed E-state index contributed by atoms with van der Waals surface area (Å²) in [6.07, 6.45) is -14.9. The van der Waals surface area contributed by atoms with Crippen molar-refractivity contribution in [1.29, 1.82) is 0 Å². The average Bonchev–Trinajstić information content (AvgIpc) is 3.34. The molecule has 9 N–H and O–H groups in total. The van der Waals surface area contributed by atoms with E-state index in [9.17, 15) is 60.3 Å². The molecule has 0 aromatic carbocycles. The van der Waals surface area contributed by atoms with Gasteiger partial charge in [0.2, 0.25) is 0 Å². The molecular formula is C53H82O19. The van der Waals surface area contributed by atoms with Crippen LogP contribution in [-0.2, 0) is 47.5 Å². The van der Waals surface area contributed by atoms with Crippen molar-refractivity contribution in [2.24, 2.45) is 50.2 Å². The molecule has 19 nitrogen and oxygen atoms in total. The Kier molecular flexibility index (Phi) is 16.0. The predicted molar refractivity (Wildman–Crippen MR) is 254 cm³/mol. The van der Waals surface area contributed by atoms with Crippen LogP contribution in [0.1, 0.15) is 115 Å². The van der Waals surface area contributed by atoms with Crippen LogP contribution in [0.25, 0.3) is 0 Å². The van der Waals surface area contributed by atoms with Crippen LogP contribution >= 0.6 is 0 Å². The smallest absolute Gasteiger partial charge is 0.337 e. The largest absolute Gasteiger partial charge is 0.467 e. The summed E-state index contributed by atoms with van der Waals surface area (Å²) in [6, 6.07) is 0. The maximum Gasteiger partial charge on any atom is 0.337 e. The van der Waals surface area contributed by atoms with E-state index in [-0.39, 0.29) is 17.4 Å². The molecule has 19 heteroatoms. The molecule has 5 aliphatic carbocycles. The molecule has 2 aliphatic heterocycles. The number of aliphatic hydroxyl groups excluding tert-OH is 9. The Morgan fingerprint density at radius 3 is 1.90 bits per heavy atom. The number of ether oxygens (including phenoxy) is 7. The van der Waals surface area contributed by atoms with Crippen LogP contribution in [0.3, 0.4) is 0 Å². The van der Waals surface area contributed by atoms with Crippen LogP contribution in [-0.4, -0.2) is 176 Å². The van der Waals surface area contributed by atoms with E-state index >= 15 is 0 Å². The minimum Gasteiger partial charge on any atom is -0.467 e. The van der Waals surface area contributed by atoms with E-state index in [1.165, 1.54) is 0 Å². The summed E-state index contributed by atoms with van der Waals surface area (Å²) in [5.41, 5.74) is -3.86. The first-order valence-electron chi connectivity index (χ1n) is 25.6. The monoisotopic (exact) mass is 1020 g/mol. The summed E-state index contributed by atoms with van der Waals surface area (Å²) in [7, 11) is 1.09. The number of methoxy groups -OCH3 is 1. The van der Waals surface area contributed by atoms with Crippen molar-refractivity contribution in [3.63, 3.8) is 0 Å². The quantitative estimate of drug-likeness (QED) is 0.0469. The number of carbonyl (C=O) groups is 3. The van der Waals surface area contributed by atoms with Crippen molar-refractivity contribution < 1.29 is 93.5 Å². The number of esters is 3. The van der Waals surface area contributed by atoms with Gasteiger partial charge in [0.25, 0.3) is 0 Å². The van der Waals surface area contributed by atoms with Gasteiger partial charge in [0.15, 0.2) is 24.8 Å². The second kappa shape index (κ2) is 20.2. The van der Waals surface area contributed by atoms with Crippen LogP contribution in [0.4, 0.5) is 0 Å². The summed E-state index contributed by atoms with van der Waals surface area (Å²) >= 11 is 0. The maximum absolute atomic E-state index is 13.8. The Balaban J connectivity index is 1.23. The maximum atomic E-state index is 13.8. The highest BCUT2D eigenvalue weighted by atomic mass is 16.8. The van der Waals surface area contributed by atoms with Gasteiger partial charge in [0, 0.05) is 22.0 Å². The average molecular weight is 1020 g/mol. The second-order valence-corrected chi connectivity index (χ2v) is 23.9. The molecule has 2 heterocycles. The number of allylic oxidation sites excluding steroid dienone is 3. The molecule has 2 saturated heterocycles. The van der Waals surface area contributed by atoms with E-state index in [1.807, 2.05) is 20.8 Å². The molecule has 0 aromatic rings. The zero-order valence-electron chi connectivity index (χ0n) is 43.9. The van der Waals surface area contributed by atoms with Crippen LogP contribution in [0.15, 0.2) is 34.9 Å². The summed E-state index contributed by atoms with van der Waals surface area (Å²) in [5.74, 6) is -3.07. The Morgan fingerprint density at radius 2 is 1.33 bits per heavy atom. The molecule has 0 aromatic heterocycles. The van der Waals surface area contributed by atoms with Crippen LogP contribution < -0.4 is 0 Å². The van der Waals surface area contributed by atoms with Gasteiger partial charge in [0.05, 0.1) is 44.1 Å². The van der Waals surface area contributed by atoms with Crippen molar-refractivity contribution in [2.75, 3.05) is 20.3 Å². The molecule has 7 aliphatic rings. The van der Waals surface area contributed by atoms with Crippen molar-refractivity contribution in [3.05, 3.63) is 34.9 Å². The van der Waals surface area contributed by atoms with Gasteiger partial charge in [-0.05, 0) is 100 Å². The fraction of sp³-hybridized carbons (Fsp3) is 0.830. The third-order valence-corrected chi connectivity index (χ3v) is 19.8. The van der Waals surface area contributed by atoms with Gasteiger partial charge in [0.1, 0.15) is 48.8 Å². The van der Waals surface area contributed by atoms with Crippen LogP contribution in [0, 0.1) is 50.2 Å². The number of rotatable bonds is 11. The van der Waals surface area contributed by atoms with Crippen LogP contribution in [0.2, 0.25) is 0 Å². The molecule has 0 bridgehead atoms. The van der Waals surface area contributed by atoms with Crippen molar-refractivity contribution in [2.45, 2.75) is 207 Å². The molecule has 0 spiro atoms. The van der Waals surface area contributed by atoms with Gasteiger partial charge < -0.3 is 79.1 Å². The zero-order chi connectivity index (χ0) is 53.6. The Morgan fingerprint density at radius 1 is 0.722 bits per heavy atom. The van der Waals surface area contributed by atoms with Gasteiger partial charge in [-0.1, -0.05) is 72.3 Å². The molecule has 7 rings (SSSR count). The lowest BCUT2D eigenvalue weighted by molar-refractivity contribution is -0.375. The molecule has 0 unspecified atom stereocenters. The fourth-order valence-electron chi connectivity index (χ4n) is 15.1. The van der Waals surface area contributed by atoms with E-state index in [1.54, 1.807) is 39.8 Å². The zero-order valence-corrected chi connectivity index (χ0v) is 43.9. The van der Waals surface area contributed by atoms with Gasteiger partial charge in [-0.3, -0.25) is 0 Å². The van der Waals surface area contributed by atoms with Gasteiger partial charge in [-0.2, -0.15) is 0 Å².